The quantitative estimate of drug-likeness (QED) is 0.906. The third-order valence-corrected chi connectivity index (χ3v) is 5.11. The summed E-state index contributed by atoms with van der Waals surface area (Å²) in [5.41, 5.74) is 2.15. The van der Waals surface area contributed by atoms with Crippen LogP contribution in [-0.2, 0) is 0 Å². The van der Waals surface area contributed by atoms with Crippen LogP contribution in [0.15, 0.2) is 18.2 Å². The topological polar surface area (TPSA) is 55.1 Å². The molecule has 21 heavy (non-hydrogen) atoms. The van der Waals surface area contributed by atoms with Crippen molar-refractivity contribution in [3.8, 4) is 0 Å². The molecule has 4 heteroatoms. The summed E-state index contributed by atoms with van der Waals surface area (Å²) < 4.78 is 2.32. The standard InChI is InChI=1S/C17H22N2O2/c1-10-5-4-6-15(11(10)2)19-12(3)18-14-9-13(17(20)21)7-8-16(14)19/h7-11,15H,4-6H2,1-3H3,(H,20,21). The van der Waals surface area contributed by atoms with Crippen LogP contribution in [0.5, 0.6) is 0 Å². The van der Waals surface area contributed by atoms with Crippen LogP contribution >= 0.6 is 0 Å². The first-order valence-electron chi connectivity index (χ1n) is 7.71. The molecule has 0 spiro atoms. The Kier molecular flexibility index (Phi) is 3.47. The van der Waals surface area contributed by atoms with E-state index in [0.29, 0.717) is 17.5 Å². The van der Waals surface area contributed by atoms with Crippen molar-refractivity contribution in [2.45, 2.75) is 46.1 Å². The van der Waals surface area contributed by atoms with Gasteiger partial charge in [0.25, 0.3) is 0 Å². The van der Waals surface area contributed by atoms with Gasteiger partial charge in [0, 0.05) is 6.04 Å². The van der Waals surface area contributed by atoms with Crippen LogP contribution in [0.25, 0.3) is 11.0 Å². The van der Waals surface area contributed by atoms with Crippen molar-refractivity contribution in [2.24, 2.45) is 11.8 Å². The monoisotopic (exact) mass is 286 g/mol. The molecule has 1 saturated carbocycles. The second-order valence-electron chi connectivity index (χ2n) is 6.37. The normalized spacial score (nSPS) is 26.1. The minimum Gasteiger partial charge on any atom is -0.478 e. The van der Waals surface area contributed by atoms with Crippen molar-refractivity contribution in [2.75, 3.05) is 0 Å². The molecule has 2 aromatic rings. The number of carboxylic acids is 1. The molecule has 1 aliphatic carbocycles. The molecule has 1 aromatic heterocycles. The highest BCUT2D eigenvalue weighted by Gasteiger charge is 2.30. The molecule has 1 aromatic carbocycles. The first-order chi connectivity index (χ1) is 9.99. The van der Waals surface area contributed by atoms with Crippen LogP contribution in [0.3, 0.4) is 0 Å². The Balaban J connectivity index is 2.10. The maximum absolute atomic E-state index is 11.1. The molecule has 1 N–H and O–H groups in total. The second-order valence-corrected chi connectivity index (χ2v) is 6.37. The molecule has 112 valence electrons. The summed E-state index contributed by atoms with van der Waals surface area (Å²) in [5.74, 6) is 1.43. The number of nitrogens with zero attached hydrogens (tertiary/aromatic N) is 2. The van der Waals surface area contributed by atoms with Crippen molar-refractivity contribution >= 4 is 17.0 Å². The van der Waals surface area contributed by atoms with Crippen LogP contribution in [0.2, 0.25) is 0 Å². The first kappa shape index (κ1) is 14.1. The van der Waals surface area contributed by atoms with E-state index in [-0.39, 0.29) is 0 Å². The molecule has 3 rings (SSSR count). The van der Waals surface area contributed by atoms with Crippen LogP contribution in [-0.4, -0.2) is 20.6 Å². The van der Waals surface area contributed by atoms with E-state index in [4.69, 9.17) is 5.11 Å². The van der Waals surface area contributed by atoms with Gasteiger partial charge in [-0.3, -0.25) is 0 Å². The average molecular weight is 286 g/mol. The van der Waals surface area contributed by atoms with Crippen LogP contribution in [0.4, 0.5) is 0 Å². The third-order valence-electron chi connectivity index (χ3n) is 5.11. The van der Waals surface area contributed by atoms with Gasteiger partial charge in [-0.15, -0.1) is 0 Å². The minimum atomic E-state index is -0.899. The number of fused-ring (bicyclic) bond motifs is 1. The van der Waals surface area contributed by atoms with E-state index in [9.17, 15) is 4.79 Å². The fraction of sp³-hybridized carbons (Fsp3) is 0.529. The average Bonchev–Trinajstić information content (AvgIpc) is 2.77. The molecule has 1 aliphatic rings. The van der Waals surface area contributed by atoms with Gasteiger partial charge in [-0.05, 0) is 43.4 Å². The van der Waals surface area contributed by atoms with Crippen LogP contribution < -0.4 is 0 Å². The van der Waals surface area contributed by atoms with E-state index >= 15 is 0 Å². The summed E-state index contributed by atoms with van der Waals surface area (Å²) in [4.78, 5) is 15.7. The number of rotatable bonds is 2. The zero-order chi connectivity index (χ0) is 15.1. The zero-order valence-electron chi connectivity index (χ0n) is 12.8. The molecule has 3 atom stereocenters. The predicted octanol–water partition coefficient (Wildman–Crippen LogP) is 4.04. The van der Waals surface area contributed by atoms with Crippen molar-refractivity contribution in [3.63, 3.8) is 0 Å². The Hall–Kier alpha value is -1.84. The summed E-state index contributed by atoms with van der Waals surface area (Å²) in [6.07, 6.45) is 3.73. The summed E-state index contributed by atoms with van der Waals surface area (Å²) in [7, 11) is 0. The molecule has 0 aliphatic heterocycles. The van der Waals surface area contributed by atoms with Crippen molar-refractivity contribution < 1.29 is 9.90 Å². The molecule has 0 saturated heterocycles. The van der Waals surface area contributed by atoms with Gasteiger partial charge < -0.3 is 9.67 Å². The SMILES string of the molecule is Cc1nc2cc(C(=O)O)ccc2n1C1CCCC(C)C1C. The third kappa shape index (κ3) is 2.33. The fourth-order valence-corrected chi connectivity index (χ4v) is 3.69. The van der Waals surface area contributed by atoms with E-state index in [0.717, 1.165) is 22.8 Å². The molecule has 0 bridgehead atoms. The highest BCUT2D eigenvalue weighted by molar-refractivity contribution is 5.92. The lowest BCUT2D eigenvalue weighted by molar-refractivity contribution is 0.0697. The number of carboxylic acid groups (broad SMARTS) is 1. The Morgan fingerprint density at radius 2 is 2.10 bits per heavy atom. The summed E-state index contributed by atoms with van der Waals surface area (Å²) in [6.45, 7) is 6.67. The van der Waals surface area contributed by atoms with Gasteiger partial charge in [-0.1, -0.05) is 26.7 Å². The smallest absolute Gasteiger partial charge is 0.335 e. The number of hydrogen-bond acceptors (Lipinski definition) is 2. The minimum absolute atomic E-state index is 0.303. The molecular formula is C17H22N2O2. The van der Waals surface area contributed by atoms with E-state index in [1.807, 2.05) is 13.0 Å². The van der Waals surface area contributed by atoms with Gasteiger partial charge in [-0.25, -0.2) is 9.78 Å². The molecular weight excluding hydrogens is 264 g/mol. The van der Waals surface area contributed by atoms with E-state index in [2.05, 4.69) is 23.4 Å². The lowest BCUT2D eigenvalue weighted by atomic mass is 9.78. The highest BCUT2D eigenvalue weighted by Crippen LogP contribution is 2.39. The number of imidazole rings is 1. The zero-order valence-corrected chi connectivity index (χ0v) is 12.8. The Morgan fingerprint density at radius 1 is 1.33 bits per heavy atom. The fourth-order valence-electron chi connectivity index (χ4n) is 3.69. The van der Waals surface area contributed by atoms with Gasteiger partial charge in [0.1, 0.15) is 5.82 Å². The van der Waals surface area contributed by atoms with Crippen molar-refractivity contribution in [1.29, 1.82) is 0 Å². The summed E-state index contributed by atoms with van der Waals surface area (Å²) in [5, 5.41) is 9.11. The molecule has 1 heterocycles. The number of aromatic carboxylic acids is 1. The lowest BCUT2D eigenvalue weighted by Crippen LogP contribution is -2.27. The van der Waals surface area contributed by atoms with Crippen LogP contribution in [0, 0.1) is 18.8 Å². The molecule has 1 fully saturated rings. The number of aromatic nitrogens is 2. The molecule has 3 unspecified atom stereocenters. The maximum atomic E-state index is 11.1. The van der Waals surface area contributed by atoms with Crippen molar-refractivity contribution in [3.05, 3.63) is 29.6 Å². The van der Waals surface area contributed by atoms with E-state index in [1.165, 1.54) is 19.3 Å². The van der Waals surface area contributed by atoms with E-state index in [1.54, 1.807) is 12.1 Å². The number of benzene rings is 1. The van der Waals surface area contributed by atoms with Gasteiger partial charge in [0.2, 0.25) is 0 Å². The van der Waals surface area contributed by atoms with Gasteiger partial charge >= 0.3 is 5.97 Å². The lowest BCUT2D eigenvalue weighted by Gasteiger charge is -2.36. The van der Waals surface area contributed by atoms with Gasteiger partial charge in [-0.2, -0.15) is 0 Å². The van der Waals surface area contributed by atoms with Gasteiger partial charge in [0.15, 0.2) is 0 Å². The Morgan fingerprint density at radius 3 is 2.81 bits per heavy atom. The molecule has 0 amide bonds. The Bertz CT molecular complexity index is 689. The number of hydrogen-bond donors (Lipinski definition) is 1. The number of aryl methyl sites for hydroxylation is 1. The predicted molar refractivity (Wildman–Crippen MR) is 82.6 cm³/mol. The molecule has 4 nitrogen and oxygen atoms in total. The summed E-state index contributed by atoms with van der Waals surface area (Å²) in [6, 6.07) is 5.73. The van der Waals surface area contributed by atoms with Gasteiger partial charge in [0.05, 0.1) is 16.6 Å². The molecule has 0 radical (unpaired) electrons. The van der Waals surface area contributed by atoms with Crippen LogP contribution in [0.1, 0.15) is 55.3 Å². The highest BCUT2D eigenvalue weighted by atomic mass is 16.4. The second kappa shape index (κ2) is 5.17. The van der Waals surface area contributed by atoms with Crippen molar-refractivity contribution in [1.82, 2.24) is 9.55 Å². The Labute approximate surface area is 124 Å². The van der Waals surface area contributed by atoms with E-state index < -0.39 is 5.97 Å². The number of carbonyl (C=O) groups is 1. The maximum Gasteiger partial charge on any atom is 0.335 e. The first-order valence-corrected chi connectivity index (χ1v) is 7.71. The largest absolute Gasteiger partial charge is 0.478 e. The summed E-state index contributed by atoms with van der Waals surface area (Å²) >= 11 is 0.